The predicted octanol–water partition coefficient (Wildman–Crippen LogP) is 3.33. The number of nitrogens with one attached hydrogen (secondary N) is 2. The summed E-state index contributed by atoms with van der Waals surface area (Å²) in [4.78, 5) is 12.1. The van der Waals surface area contributed by atoms with Crippen LogP contribution in [0, 0.1) is 0 Å². The number of benzene rings is 1. The van der Waals surface area contributed by atoms with Gasteiger partial charge in [-0.25, -0.2) is 0 Å². The van der Waals surface area contributed by atoms with Crippen molar-refractivity contribution in [3.8, 4) is 0 Å². The van der Waals surface area contributed by atoms with E-state index in [0.29, 0.717) is 5.69 Å². The minimum Gasteiger partial charge on any atom is -0.382 e. The quantitative estimate of drug-likeness (QED) is 0.891. The third kappa shape index (κ3) is 2.89. The Hall–Kier alpha value is -1.72. The smallest absolute Gasteiger partial charge is 0.382 e. The van der Waals surface area contributed by atoms with Gasteiger partial charge in [0.25, 0.3) is 5.91 Å². The van der Waals surface area contributed by atoms with E-state index in [1.54, 1.807) is 18.2 Å². The molecule has 1 aromatic carbocycles. The Morgan fingerprint density at radius 2 is 1.85 bits per heavy atom. The molecule has 0 aromatic heterocycles. The molecule has 0 spiro atoms. The molecule has 0 heterocycles. The van der Waals surface area contributed by atoms with Crippen LogP contribution >= 0.6 is 0 Å². The van der Waals surface area contributed by atoms with Crippen molar-refractivity contribution in [2.75, 3.05) is 5.32 Å². The Labute approximate surface area is 115 Å². The van der Waals surface area contributed by atoms with Crippen molar-refractivity contribution in [3.05, 3.63) is 29.8 Å². The van der Waals surface area contributed by atoms with Gasteiger partial charge in [0.05, 0.1) is 5.56 Å². The van der Waals surface area contributed by atoms with E-state index in [-0.39, 0.29) is 24.4 Å². The van der Waals surface area contributed by atoms with Crippen LogP contribution in [-0.2, 0) is 0 Å². The number of carbonyl (C=O) groups excluding carboxylic acids is 1. The van der Waals surface area contributed by atoms with E-state index in [0.717, 1.165) is 0 Å². The van der Waals surface area contributed by atoms with Crippen LogP contribution in [0.3, 0.4) is 0 Å². The first kappa shape index (κ1) is 14.7. The number of hydrogen-bond acceptors (Lipinski definition) is 2. The van der Waals surface area contributed by atoms with E-state index in [1.165, 1.54) is 6.07 Å². The number of para-hydroxylation sites is 1. The van der Waals surface area contributed by atoms with Crippen molar-refractivity contribution < 1.29 is 18.0 Å². The SMILES string of the molecule is CC(C)Nc1ccccc1C(=O)NC1(C(F)(F)F)CC1. The number of anilines is 1. The molecule has 1 aliphatic rings. The summed E-state index contributed by atoms with van der Waals surface area (Å²) in [5.41, 5.74) is -1.26. The average molecular weight is 286 g/mol. The maximum absolute atomic E-state index is 12.9. The van der Waals surface area contributed by atoms with E-state index in [4.69, 9.17) is 0 Å². The second-order valence-electron chi connectivity index (χ2n) is 5.38. The van der Waals surface area contributed by atoms with Crippen LogP contribution in [-0.4, -0.2) is 23.7 Å². The Morgan fingerprint density at radius 1 is 1.25 bits per heavy atom. The summed E-state index contributed by atoms with van der Waals surface area (Å²) in [6, 6.07) is 6.65. The highest BCUT2D eigenvalue weighted by Crippen LogP contribution is 2.49. The molecule has 0 unspecified atom stereocenters. The Kier molecular flexibility index (Phi) is 3.67. The van der Waals surface area contributed by atoms with Gasteiger partial charge in [-0.1, -0.05) is 12.1 Å². The molecule has 0 atom stereocenters. The van der Waals surface area contributed by atoms with Gasteiger partial charge in [0, 0.05) is 11.7 Å². The lowest BCUT2D eigenvalue weighted by Gasteiger charge is -2.22. The number of amides is 1. The highest BCUT2D eigenvalue weighted by atomic mass is 19.4. The Morgan fingerprint density at radius 3 is 2.35 bits per heavy atom. The fraction of sp³-hybridized carbons (Fsp3) is 0.500. The minimum absolute atomic E-state index is 0.0536. The average Bonchev–Trinajstić information content (AvgIpc) is 3.09. The number of halogens is 3. The summed E-state index contributed by atoms with van der Waals surface area (Å²) in [5, 5.41) is 5.19. The molecule has 2 N–H and O–H groups in total. The van der Waals surface area contributed by atoms with Crippen molar-refractivity contribution >= 4 is 11.6 Å². The Balaban J connectivity index is 2.18. The van der Waals surface area contributed by atoms with Gasteiger partial charge in [-0.2, -0.15) is 13.2 Å². The molecule has 110 valence electrons. The zero-order chi connectivity index (χ0) is 15.0. The maximum Gasteiger partial charge on any atom is 0.411 e. The molecule has 1 fully saturated rings. The first-order valence-electron chi connectivity index (χ1n) is 6.50. The third-order valence-electron chi connectivity index (χ3n) is 3.26. The number of alkyl halides is 3. The van der Waals surface area contributed by atoms with Gasteiger partial charge in [-0.3, -0.25) is 4.79 Å². The molecule has 3 nitrogen and oxygen atoms in total. The lowest BCUT2D eigenvalue weighted by molar-refractivity contribution is -0.163. The molecule has 2 rings (SSSR count). The van der Waals surface area contributed by atoms with E-state index in [1.807, 2.05) is 13.8 Å². The molecular formula is C14H17F3N2O. The third-order valence-corrected chi connectivity index (χ3v) is 3.26. The van der Waals surface area contributed by atoms with Gasteiger partial charge >= 0.3 is 6.18 Å². The highest BCUT2D eigenvalue weighted by molar-refractivity contribution is 6.00. The molecule has 20 heavy (non-hydrogen) atoms. The van der Waals surface area contributed by atoms with Gasteiger partial charge in [-0.05, 0) is 38.8 Å². The molecule has 0 radical (unpaired) electrons. The molecule has 1 saturated carbocycles. The summed E-state index contributed by atoms with van der Waals surface area (Å²) in [6.45, 7) is 3.79. The van der Waals surface area contributed by atoms with Crippen LogP contribution in [0.15, 0.2) is 24.3 Å². The summed E-state index contributed by atoms with van der Waals surface area (Å²) >= 11 is 0. The number of hydrogen-bond donors (Lipinski definition) is 2. The van der Waals surface area contributed by atoms with Crippen molar-refractivity contribution in [3.63, 3.8) is 0 Å². The first-order chi connectivity index (χ1) is 9.25. The molecule has 6 heteroatoms. The van der Waals surface area contributed by atoms with Crippen LogP contribution in [0.2, 0.25) is 0 Å². The Bertz CT molecular complexity index is 507. The van der Waals surface area contributed by atoms with Crippen molar-refractivity contribution in [1.82, 2.24) is 5.32 Å². The summed E-state index contributed by atoms with van der Waals surface area (Å²) in [6.07, 6.45) is -4.51. The number of rotatable bonds is 4. The van der Waals surface area contributed by atoms with Gasteiger partial charge < -0.3 is 10.6 Å². The van der Waals surface area contributed by atoms with Crippen molar-refractivity contribution in [1.29, 1.82) is 0 Å². The lowest BCUT2D eigenvalue weighted by atomic mass is 10.1. The molecule has 1 aromatic rings. The van der Waals surface area contributed by atoms with Crippen molar-refractivity contribution in [2.24, 2.45) is 0 Å². The standard InChI is InChI=1S/C14H17F3N2O/c1-9(2)18-11-6-4-3-5-10(11)12(20)19-13(7-8-13)14(15,16)17/h3-6,9,18H,7-8H2,1-2H3,(H,19,20). The van der Waals surface area contributed by atoms with Gasteiger partial charge in [0.2, 0.25) is 0 Å². The summed E-state index contributed by atoms with van der Waals surface area (Å²) in [5.74, 6) is -0.691. The molecule has 0 saturated heterocycles. The normalized spacial score (nSPS) is 16.9. The maximum atomic E-state index is 12.9. The van der Waals surface area contributed by atoms with Crippen LogP contribution < -0.4 is 10.6 Å². The fourth-order valence-electron chi connectivity index (χ4n) is 2.01. The second kappa shape index (κ2) is 5.00. The first-order valence-corrected chi connectivity index (χ1v) is 6.50. The van der Waals surface area contributed by atoms with Gasteiger partial charge in [0.1, 0.15) is 5.54 Å². The predicted molar refractivity (Wildman–Crippen MR) is 70.7 cm³/mol. The second-order valence-corrected chi connectivity index (χ2v) is 5.38. The molecule has 1 amide bonds. The van der Waals surface area contributed by atoms with E-state index >= 15 is 0 Å². The van der Waals surface area contributed by atoms with Crippen LogP contribution in [0.5, 0.6) is 0 Å². The summed E-state index contributed by atoms with van der Waals surface area (Å²) in [7, 11) is 0. The largest absolute Gasteiger partial charge is 0.411 e. The van der Waals surface area contributed by atoms with Gasteiger partial charge in [0.15, 0.2) is 0 Å². The van der Waals surface area contributed by atoms with Crippen LogP contribution in [0.25, 0.3) is 0 Å². The minimum atomic E-state index is -4.40. The van der Waals surface area contributed by atoms with E-state index in [2.05, 4.69) is 10.6 Å². The van der Waals surface area contributed by atoms with E-state index < -0.39 is 17.6 Å². The lowest BCUT2D eigenvalue weighted by Crippen LogP contribution is -2.48. The topological polar surface area (TPSA) is 41.1 Å². The molecule has 1 aliphatic carbocycles. The molecular weight excluding hydrogens is 269 g/mol. The summed E-state index contributed by atoms with van der Waals surface area (Å²) < 4.78 is 38.6. The molecule has 0 aliphatic heterocycles. The zero-order valence-corrected chi connectivity index (χ0v) is 11.3. The monoisotopic (exact) mass is 286 g/mol. The fourth-order valence-corrected chi connectivity index (χ4v) is 2.01. The van der Waals surface area contributed by atoms with Crippen LogP contribution in [0.4, 0.5) is 18.9 Å². The molecule has 0 bridgehead atoms. The van der Waals surface area contributed by atoms with Gasteiger partial charge in [-0.15, -0.1) is 0 Å². The zero-order valence-electron chi connectivity index (χ0n) is 11.3. The van der Waals surface area contributed by atoms with Crippen LogP contribution in [0.1, 0.15) is 37.0 Å². The highest BCUT2D eigenvalue weighted by Gasteiger charge is 2.64. The number of carbonyl (C=O) groups is 1. The van der Waals surface area contributed by atoms with E-state index in [9.17, 15) is 18.0 Å². The van der Waals surface area contributed by atoms with Crippen molar-refractivity contribution in [2.45, 2.75) is 44.4 Å².